The molecular formula is C24H23NO4. The van der Waals surface area contributed by atoms with Gasteiger partial charge in [-0.25, -0.2) is 0 Å². The van der Waals surface area contributed by atoms with Crippen LogP contribution >= 0.6 is 0 Å². The molecule has 2 saturated carbocycles. The van der Waals surface area contributed by atoms with Crippen molar-refractivity contribution in [1.29, 1.82) is 0 Å². The number of amides is 1. The summed E-state index contributed by atoms with van der Waals surface area (Å²) in [6.45, 7) is 2.01. The van der Waals surface area contributed by atoms with Gasteiger partial charge in [0.1, 0.15) is 11.5 Å². The van der Waals surface area contributed by atoms with Crippen LogP contribution in [-0.2, 0) is 9.59 Å². The number of fused-ring (bicyclic) bond motifs is 1. The number of carbonyl (C=O) groups is 2. The summed E-state index contributed by atoms with van der Waals surface area (Å²) in [6.07, 6.45) is 5.14. The predicted molar refractivity (Wildman–Crippen MR) is 109 cm³/mol. The van der Waals surface area contributed by atoms with Gasteiger partial charge in [-0.3, -0.25) is 9.59 Å². The largest absolute Gasteiger partial charge is 0.481 e. The van der Waals surface area contributed by atoms with Crippen LogP contribution in [0.4, 0.5) is 5.69 Å². The summed E-state index contributed by atoms with van der Waals surface area (Å²) < 4.78 is 5.84. The number of benzene rings is 2. The summed E-state index contributed by atoms with van der Waals surface area (Å²) in [6, 6.07) is 15.0. The van der Waals surface area contributed by atoms with Gasteiger partial charge in [0.15, 0.2) is 0 Å². The molecule has 0 saturated heterocycles. The molecule has 0 unspecified atom stereocenters. The topological polar surface area (TPSA) is 75.6 Å². The lowest BCUT2D eigenvalue weighted by Crippen LogP contribution is -2.48. The Kier molecular flexibility index (Phi) is 4.19. The molecule has 0 aromatic heterocycles. The van der Waals surface area contributed by atoms with E-state index in [0.29, 0.717) is 23.3 Å². The first-order chi connectivity index (χ1) is 14.0. The lowest BCUT2D eigenvalue weighted by molar-refractivity contribution is -0.152. The van der Waals surface area contributed by atoms with Crippen molar-refractivity contribution in [1.82, 2.24) is 0 Å². The van der Waals surface area contributed by atoms with Crippen molar-refractivity contribution < 1.29 is 19.4 Å². The molecule has 2 fully saturated rings. The lowest BCUT2D eigenvalue weighted by Gasteiger charge is -2.41. The fourth-order valence-corrected chi connectivity index (χ4v) is 5.22. The maximum Gasteiger partial charge on any atom is 0.307 e. The first-order valence-electron chi connectivity index (χ1n) is 10.1. The van der Waals surface area contributed by atoms with E-state index in [4.69, 9.17) is 4.74 Å². The second kappa shape index (κ2) is 6.76. The molecule has 2 N–H and O–H groups in total. The lowest BCUT2D eigenvalue weighted by atomic mass is 9.62. The molecule has 1 amide bonds. The number of carboxylic acid groups (broad SMARTS) is 1. The third-order valence-electron chi connectivity index (χ3n) is 6.59. The molecule has 5 nitrogen and oxygen atoms in total. The molecule has 6 rings (SSSR count). The molecule has 29 heavy (non-hydrogen) atoms. The number of anilines is 1. The van der Waals surface area contributed by atoms with E-state index in [1.165, 1.54) is 0 Å². The summed E-state index contributed by atoms with van der Waals surface area (Å²) in [5.74, 6) is 0.193. The second-order valence-corrected chi connectivity index (χ2v) is 8.43. The van der Waals surface area contributed by atoms with Gasteiger partial charge in [0.05, 0.1) is 11.8 Å². The number of aryl methyl sites for hydroxylation is 1. The molecule has 0 aliphatic heterocycles. The molecule has 0 radical (unpaired) electrons. The number of rotatable bonds is 5. The zero-order chi connectivity index (χ0) is 20.1. The number of carboxylic acids is 1. The van der Waals surface area contributed by atoms with Gasteiger partial charge in [-0.2, -0.15) is 0 Å². The van der Waals surface area contributed by atoms with E-state index in [0.717, 1.165) is 17.7 Å². The van der Waals surface area contributed by atoms with Crippen LogP contribution in [0, 0.1) is 42.4 Å². The molecule has 2 bridgehead atoms. The van der Waals surface area contributed by atoms with Gasteiger partial charge in [0.25, 0.3) is 0 Å². The number of allylic oxidation sites excluding steroid dienone is 2. The molecule has 2 aromatic rings. The number of ether oxygens (including phenoxy) is 1. The Morgan fingerprint density at radius 1 is 0.966 bits per heavy atom. The third kappa shape index (κ3) is 3.20. The Bertz CT molecular complexity index is 996. The highest BCUT2D eigenvalue weighted by atomic mass is 16.5. The molecule has 4 aliphatic carbocycles. The van der Waals surface area contributed by atoms with Crippen LogP contribution in [0.15, 0.2) is 60.7 Å². The Hall–Kier alpha value is -3.08. The van der Waals surface area contributed by atoms with Crippen LogP contribution in [0.3, 0.4) is 0 Å². The van der Waals surface area contributed by atoms with Crippen LogP contribution in [-0.4, -0.2) is 17.0 Å². The van der Waals surface area contributed by atoms with Crippen LogP contribution < -0.4 is 10.1 Å². The molecule has 4 aliphatic rings. The fourth-order valence-electron chi connectivity index (χ4n) is 5.22. The smallest absolute Gasteiger partial charge is 0.307 e. The SMILES string of the molecule is Cc1cccc(Oc2ccc(NC(=O)[C@@H]3[C@H]4C=C[C@@H]([C@@H]5C[C@H]45)[C@@H]3C(=O)O)cc2)c1. The summed E-state index contributed by atoms with van der Waals surface area (Å²) >= 11 is 0. The standard InChI is InChI=1S/C24H23NO4/c1-13-3-2-4-16(11-13)29-15-7-5-14(6-8-15)25-23(26)21-17-9-10-18(20-12-19(17)20)22(21)24(27)28/h2-11,17-22H,12H2,1H3,(H,25,26)(H,27,28)/t17-,18-,19+,20-,21+,22-/m0/s1. The van der Waals surface area contributed by atoms with E-state index in [1.807, 2.05) is 37.3 Å². The molecule has 0 spiro atoms. The average Bonchev–Trinajstić information content (AvgIpc) is 3.51. The molecule has 2 aromatic carbocycles. The van der Waals surface area contributed by atoms with Gasteiger partial charge in [0, 0.05) is 5.69 Å². The average molecular weight is 389 g/mol. The molecule has 148 valence electrons. The normalized spacial score (nSPS) is 31.1. The van der Waals surface area contributed by atoms with Gasteiger partial charge in [0.2, 0.25) is 5.91 Å². The highest BCUT2D eigenvalue weighted by molar-refractivity contribution is 5.96. The second-order valence-electron chi connectivity index (χ2n) is 8.43. The van der Waals surface area contributed by atoms with Crippen LogP contribution in [0.25, 0.3) is 0 Å². The molecule has 0 heterocycles. The number of aliphatic carboxylic acids is 1. The zero-order valence-electron chi connectivity index (χ0n) is 16.1. The van der Waals surface area contributed by atoms with E-state index in [9.17, 15) is 14.7 Å². The van der Waals surface area contributed by atoms with Crippen molar-refractivity contribution in [3.05, 3.63) is 66.2 Å². The van der Waals surface area contributed by atoms with Gasteiger partial charge in [-0.1, -0.05) is 24.3 Å². The quantitative estimate of drug-likeness (QED) is 0.739. The molecule has 5 heteroatoms. The van der Waals surface area contributed by atoms with Crippen molar-refractivity contribution in [2.24, 2.45) is 35.5 Å². The van der Waals surface area contributed by atoms with E-state index in [2.05, 4.69) is 11.4 Å². The van der Waals surface area contributed by atoms with E-state index < -0.39 is 17.8 Å². The maximum absolute atomic E-state index is 13.0. The molecule has 6 atom stereocenters. The highest BCUT2D eigenvalue weighted by Crippen LogP contribution is 2.63. The maximum atomic E-state index is 13.0. The number of hydrogen-bond donors (Lipinski definition) is 2. The first kappa shape index (κ1) is 18.0. The van der Waals surface area contributed by atoms with Gasteiger partial charge in [-0.05, 0) is 79.0 Å². The summed E-state index contributed by atoms with van der Waals surface area (Å²) in [5, 5.41) is 12.7. The van der Waals surface area contributed by atoms with Crippen molar-refractivity contribution in [3.63, 3.8) is 0 Å². The highest BCUT2D eigenvalue weighted by Gasteiger charge is 2.62. The minimum absolute atomic E-state index is 0.0108. The van der Waals surface area contributed by atoms with Gasteiger partial charge >= 0.3 is 5.97 Å². The zero-order valence-corrected chi connectivity index (χ0v) is 16.1. The van der Waals surface area contributed by atoms with Crippen molar-refractivity contribution in [2.75, 3.05) is 5.32 Å². The third-order valence-corrected chi connectivity index (χ3v) is 6.59. The predicted octanol–water partition coefficient (Wildman–Crippen LogP) is 4.49. The van der Waals surface area contributed by atoms with Gasteiger partial charge < -0.3 is 15.2 Å². The Morgan fingerprint density at radius 3 is 2.31 bits per heavy atom. The van der Waals surface area contributed by atoms with Crippen molar-refractivity contribution in [3.8, 4) is 11.5 Å². The van der Waals surface area contributed by atoms with Crippen LogP contribution in [0.1, 0.15) is 12.0 Å². The minimum atomic E-state index is -0.864. The fraction of sp³-hybridized carbons (Fsp3) is 0.333. The van der Waals surface area contributed by atoms with Crippen LogP contribution in [0.2, 0.25) is 0 Å². The van der Waals surface area contributed by atoms with E-state index >= 15 is 0 Å². The van der Waals surface area contributed by atoms with Crippen molar-refractivity contribution in [2.45, 2.75) is 13.3 Å². The summed E-state index contributed by atoms with van der Waals surface area (Å²) in [4.78, 5) is 24.9. The summed E-state index contributed by atoms with van der Waals surface area (Å²) in [7, 11) is 0. The Morgan fingerprint density at radius 2 is 1.66 bits per heavy atom. The van der Waals surface area contributed by atoms with E-state index in [1.54, 1.807) is 24.3 Å². The Balaban J connectivity index is 1.29. The minimum Gasteiger partial charge on any atom is -0.481 e. The summed E-state index contributed by atoms with van der Waals surface area (Å²) in [5.41, 5.74) is 1.77. The van der Waals surface area contributed by atoms with E-state index in [-0.39, 0.29) is 17.7 Å². The molecular weight excluding hydrogens is 366 g/mol. The van der Waals surface area contributed by atoms with Gasteiger partial charge in [-0.15, -0.1) is 0 Å². The number of nitrogens with one attached hydrogen (secondary N) is 1. The number of hydrogen-bond acceptors (Lipinski definition) is 3. The Labute approximate surface area is 169 Å². The number of carbonyl (C=O) groups excluding carboxylic acids is 1. The monoisotopic (exact) mass is 389 g/mol. The first-order valence-corrected chi connectivity index (χ1v) is 10.1. The van der Waals surface area contributed by atoms with Crippen molar-refractivity contribution >= 4 is 17.6 Å². The van der Waals surface area contributed by atoms with Crippen LogP contribution in [0.5, 0.6) is 11.5 Å².